The van der Waals surface area contributed by atoms with Crippen LogP contribution in [0.4, 0.5) is 5.13 Å². The number of piperidine rings is 1. The normalized spacial score (nSPS) is 18.9. The van der Waals surface area contributed by atoms with Crippen LogP contribution in [0.3, 0.4) is 0 Å². The molecule has 134 valence electrons. The molecule has 1 aliphatic rings. The molecule has 1 aliphatic heterocycles. The molecule has 1 saturated heterocycles. The average molecular weight is 444 g/mol. The number of thiazole rings is 1. The van der Waals surface area contributed by atoms with E-state index in [4.69, 9.17) is 0 Å². The van der Waals surface area contributed by atoms with E-state index in [0.717, 1.165) is 9.35 Å². The maximum absolute atomic E-state index is 12.8. The van der Waals surface area contributed by atoms with Crippen LogP contribution in [0, 0.1) is 12.8 Å². The van der Waals surface area contributed by atoms with Crippen LogP contribution in [-0.4, -0.2) is 36.7 Å². The van der Waals surface area contributed by atoms with E-state index >= 15 is 0 Å². The molecule has 0 bridgehead atoms. The lowest BCUT2D eigenvalue weighted by molar-refractivity contribution is -0.120. The van der Waals surface area contributed by atoms with Crippen molar-refractivity contribution in [2.45, 2.75) is 24.7 Å². The van der Waals surface area contributed by atoms with Gasteiger partial charge in [-0.25, -0.2) is 13.4 Å². The highest BCUT2D eigenvalue weighted by atomic mass is 79.9. The molecule has 1 aromatic carbocycles. The summed E-state index contributed by atoms with van der Waals surface area (Å²) in [6.45, 7) is 2.54. The fourth-order valence-electron chi connectivity index (χ4n) is 2.75. The van der Waals surface area contributed by atoms with Crippen molar-refractivity contribution < 1.29 is 13.2 Å². The number of amides is 1. The van der Waals surface area contributed by atoms with Gasteiger partial charge in [0.1, 0.15) is 0 Å². The first-order chi connectivity index (χ1) is 11.9. The Morgan fingerprint density at radius 3 is 2.72 bits per heavy atom. The third kappa shape index (κ3) is 4.28. The van der Waals surface area contributed by atoms with E-state index in [1.807, 2.05) is 6.92 Å². The summed E-state index contributed by atoms with van der Waals surface area (Å²) in [5, 5.41) is 3.34. The quantitative estimate of drug-likeness (QED) is 0.785. The van der Waals surface area contributed by atoms with Gasteiger partial charge in [-0.05, 0) is 44.0 Å². The molecule has 2 heterocycles. The number of aryl methyl sites for hydroxylation is 1. The molecule has 0 aliphatic carbocycles. The van der Waals surface area contributed by atoms with E-state index in [1.165, 1.54) is 15.6 Å². The zero-order valence-corrected chi connectivity index (χ0v) is 16.8. The van der Waals surface area contributed by atoms with Gasteiger partial charge in [-0.15, -0.1) is 11.3 Å². The molecule has 1 fully saturated rings. The zero-order chi connectivity index (χ0) is 18.0. The number of nitrogens with zero attached hydrogens (tertiary/aromatic N) is 2. The number of carbonyl (C=O) groups is 1. The van der Waals surface area contributed by atoms with E-state index in [-0.39, 0.29) is 23.3 Å². The van der Waals surface area contributed by atoms with Crippen LogP contribution in [0.5, 0.6) is 0 Å². The lowest BCUT2D eigenvalue weighted by Gasteiger charge is -2.31. The van der Waals surface area contributed by atoms with Crippen molar-refractivity contribution in [1.29, 1.82) is 0 Å². The summed E-state index contributed by atoms with van der Waals surface area (Å²) in [6.07, 6.45) is 3.03. The van der Waals surface area contributed by atoms with Crippen LogP contribution in [-0.2, 0) is 14.8 Å². The minimum atomic E-state index is -3.59. The Kier molecular flexibility index (Phi) is 5.57. The van der Waals surface area contributed by atoms with Crippen LogP contribution in [0.2, 0.25) is 0 Å². The van der Waals surface area contributed by atoms with E-state index < -0.39 is 10.0 Å². The summed E-state index contributed by atoms with van der Waals surface area (Å²) >= 11 is 4.71. The van der Waals surface area contributed by atoms with Crippen LogP contribution in [0.15, 0.2) is 39.8 Å². The molecule has 9 heteroatoms. The summed E-state index contributed by atoms with van der Waals surface area (Å²) in [6, 6.07) is 6.54. The molecular weight excluding hydrogens is 426 g/mol. The number of carbonyl (C=O) groups excluding carboxylic acids is 1. The first-order valence-corrected chi connectivity index (χ1v) is 10.9. The van der Waals surface area contributed by atoms with E-state index in [0.29, 0.717) is 24.5 Å². The van der Waals surface area contributed by atoms with Crippen molar-refractivity contribution in [2.24, 2.45) is 5.92 Å². The third-order valence-electron chi connectivity index (χ3n) is 4.06. The minimum Gasteiger partial charge on any atom is -0.302 e. The molecule has 25 heavy (non-hydrogen) atoms. The monoisotopic (exact) mass is 443 g/mol. The lowest BCUT2D eigenvalue weighted by atomic mass is 9.99. The predicted octanol–water partition coefficient (Wildman–Crippen LogP) is 3.25. The Labute approximate surface area is 159 Å². The summed E-state index contributed by atoms with van der Waals surface area (Å²) in [7, 11) is -3.59. The summed E-state index contributed by atoms with van der Waals surface area (Å²) < 4.78 is 27.8. The topological polar surface area (TPSA) is 79.4 Å². The number of sulfonamides is 1. The number of halogens is 1. The van der Waals surface area contributed by atoms with E-state index in [2.05, 4.69) is 26.2 Å². The van der Waals surface area contributed by atoms with Crippen LogP contribution in [0.1, 0.15) is 17.7 Å². The minimum absolute atomic E-state index is 0.176. The molecule has 1 amide bonds. The Morgan fingerprint density at radius 1 is 1.36 bits per heavy atom. The molecule has 3 rings (SSSR count). The predicted molar refractivity (Wildman–Crippen MR) is 101 cm³/mol. The molecule has 1 N–H and O–H groups in total. The highest BCUT2D eigenvalue weighted by Crippen LogP contribution is 2.26. The van der Waals surface area contributed by atoms with Crippen molar-refractivity contribution in [2.75, 3.05) is 18.4 Å². The number of hydrogen-bond acceptors (Lipinski definition) is 5. The Hall–Kier alpha value is -1.29. The van der Waals surface area contributed by atoms with Gasteiger partial charge in [0.25, 0.3) is 0 Å². The molecular formula is C16H18BrN3O3S2. The van der Waals surface area contributed by atoms with Crippen molar-refractivity contribution >= 4 is 48.3 Å². The van der Waals surface area contributed by atoms with Gasteiger partial charge in [-0.3, -0.25) is 4.79 Å². The van der Waals surface area contributed by atoms with Gasteiger partial charge in [0.05, 0.1) is 10.8 Å². The Morgan fingerprint density at radius 2 is 2.08 bits per heavy atom. The highest BCUT2D eigenvalue weighted by molar-refractivity contribution is 9.10. The molecule has 1 unspecified atom stereocenters. The van der Waals surface area contributed by atoms with E-state index in [9.17, 15) is 13.2 Å². The van der Waals surface area contributed by atoms with Crippen LogP contribution >= 0.6 is 27.3 Å². The summed E-state index contributed by atoms with van der Waals surface area (Å²) in [5.41, 5.74) is 0. The largest absolute Gasteiger partial charge is 0.302 e. The SMILES string of the molecule is Cc1cnc(NC(=O)C2CCCN(S(=O)(=O)c3ccc(Br)cc3)C2)s1. The van der Waals surface area contributed by atoms with Gasteiger partial charge in [-0.1, -0.05) is 15.9 Å². The third-order valence-corrected chi connectivity index (χ3v) is 7.29. The van der Waals surface area contributed by atoms with Gasteiger partial charge in [0.15, 0.2) is 5.13 Å². The maximum Gasteiger partial charge on any atom is 0.243 e. The zero-order valence-electron chi connectivity index (χ0n) is 13.6. The highest BCUT2D eigenvalue weighted by Gasteiger charge is 2.33. The number of anilines is 1. The smallest absolute Gasteiger partial charge is 0.243 e. The second-order valence-electron chi connectivity index (χ2n) is 5.92. The molecule has 1 atom stereocenters. The van der Waals surface area contributed by atoms with E-state index in [1.54, 1.807) is 30.5 Å². The molecule has 6 nitrogen and oxygen atoms in total. The number of hydrogen-bond donors (Lipinski definition) is 1. The Bertz CT molecular complexity index is 865. The van der Waals surface area contributed by atoms with Gasteiger partial charge in [0.2, 0.25) is 15.9 Å². The van der Waals surface area contributed by atoms with Crippen molar-refractivity contribution in [3.63, 3.8) is 0 Å². The summed E-state index contributed by atoms with van der Waals surface area (Å²) in [5.74, 6) is -0.548. The van der Waals surface area contributed by atoms with Crippen molar-refractivity contribution in [3.8, 4) is 0 Å². The number of nitrogens with one attached hydrogen (secondary N) is 1. The number of rotatable bonds is 4. The molecule has 0 spiro atoms. The molecule has 2 aromatic rings. The standard InChI is InChI=1S/C16H18BrN3O3S2/c1-11-9-18-16(24-11)19-15(21)12-3-2-8-20(10-12)25(22,23)14-6-4-13(17)5-7-14/h4-7,9,12H,2-3,8,10H2,1H3,(H,18,19,21). The van der Waals surface area contributed by atoms with Gasteiger partial charge in [0, 0.05) is 28.6 Å². The van der Waals surface area contributed by atoms with Crippen LogP contribution < -0.4 is 5.32 Å². The lowest BCUT2D eigenvalue weighted by Crippen LogP contribution is -2.43. The van der Waals surface area contributed by atoms with Gasteiger partial charge < -0.3 is 5.32 Å². The van der Waals surface area contributed by atoms with Crippen molar-refractivity contribution in [3.05, 3.63) is 39.8 Å². The van der Waals surface area contributed by atoms with Gasteiger partial charge >= 0.3 is 0 Å². The van der Waals surface area contributed by atoms with Crippen LogP contribution in [0.25, 0.3) is 0 Å². The molecule has 0 radical (unpaired) electrons. The fourth-order valence-corrected chi connectivity index (χ4v) is 5.21. The molecule has 1 aromatic heterocycles. The number of aromatic nitrogens is 1. The Balaban J connectivity index is 1.71. The maximum atomic E-state index is 12.8. The average Bonchev–Trinajstić information content (AvgIpc) is 3.00. The fraction of sp³-hybridized carbons (Fsp3) is 0.375. The first kappa shape index (κ1) is 18.5. The second kappa shape index (κ2) is 7.53. The van der Waals surface area contributed by atoms with Crippen molar-refractivity contribution in [1.82, 2.24) is 9.29 Å². The second-order valence-corrected chi connectivity index (χ2v) is 10.0. The van der Waals surface area contributed by atoms with Gasteiger partial charge in [-0.2, -0.15) is 4.31 Å². The number of benzene rings is 1. The molecule has 0 saturated carbocycles. The first-order valence-electron chi connectivity index (χ1n) is 7.85. The summed E-state index contributed by atoms with van der Waals surface area (Å²) in [4.78, 5) is 17.8.